The van der Waals surface area contributed by atoms with Gasteiger partial charge in [0, 0.05) is 51.3 Å². The maximum atomic E-state index is 12.4. The van der Waals surface area contributed by atoms with E-state index in [1.54, 1.807) is 13.1 Å². The summed E-state index contributed by atoms with van der Waals surface area (Å²) in [5.74, 6) is 2.25. The molecular weight excluding hydrogens is 330 g/mol. The van der Waals surface area contributed by atoms with Crippen LogP contribution in [0.25, 0.3) is 11.4 Å². The average Bonchev–Trinajstić information content (AvgIpc) is 3.06. The fourth-order valence-corrected chi connectivity index (χ4v) is 2.97. The van der Waals surface area contributed by atoms with Crippen LogP contribution in [0, 0.1) is 12.3 Å². The van der Waals surface area contributed by atoms with Gasteiger partial charge in [-0.05, 0) is 24.0 Å². The number of aryl methyl sites for hydroxylation is 1. The van der Waals surface area contributed by atoms with E-state index in [9.17, 15) is 4.79 Å². The molecule has 0 N–H and O–H groups in total. The standard InChI is InChI=1S/C19H27N5O2/c1-14-21-18(22-26-14)15-6-8-20-16(13-15)23-9-11-24(12-10-23)17(25)5-7-19(2,3)4/h6,8,13H,5,7,9-12H2,1-4H3. The maximum absolute atomic E-state index is 12.4. The number of aromatic nitrogens is 3. The number of hydrogen-bond donors (Lipinski definition) is 0. The molecule has 0 radical (unpaired) electrons. The molecule has 1 aliphatic heterocycles. The van der Waals surface area contributed by atoms with Gasteiger partial charge in [-0.15, -0.1) is 0 Å². The first-order valence-corrected chi connectivity index (χ1v) is 9.11. The molecule has 7 heteroatoms. The lowest BCUT2D eigenvalue weighted by atomic mass is 9.90. The van der Waals surface area contributed by atoms with Gasteiger partial charge in [0.05, 0.1) is 0 Å². The average molecular weight is 357 g/mol. The van der Waals surface area contributed by atoms with E-state index in [0.29, 0.717) is 18.1 Å². The van der Waals surface area contributed by atoms with Gasteiger partial charge in [-0.25, -0.2) is 4.98 Å². The van der Waals surface area contributed by atoms with Crippen LogP contribution in [0.3, 0.4) is 0 Å². The van der Waals surface area contributed by atoms with Crippen molar-refractivity contribution in [3.63, 3.8) is 0 Å². The second-order valence-corrected chi connectivity index (χ2v) is 7.97. The summed E-state index contributed by atoms with van der Waals surface area (Å²) in [5, 5.41) is 3.96. The lowest BCUT2D eigenvalue weighted by Gasteiger charge is -2.36. The van der Waals surface area contributed by atoms with Crippen molar-refractivity contribution in [2.45, 2.75) is 40.5 Å². The van der Waals surface area contributed by atoms with Crippen LogP contribution in [0.15, 0.2) is 22.9 Å². The Hall–Kier alpha value is -2.44. The van der Waals surface area contributed by atoms with Crippen molar-refractivity contribution in [1.82, 2.24) is 20.0 Å². The number of carbonyl (C=O) groups is 1. The lowest BCUT2D eigenvalue weighted by Crippen LogP contribution is -2.49. The Labute approximate surface area is 154 Å². The van der Waals surface area contributed by atoms with E-state index >= 15 is 0 Å². The topological polar surface area (TPSA) is 75.4 Å². The monoisotopic (exact) mass is 357 g/mol. The quantitative estimate of drug-likeness (QED) is 0.837. The van der Waals surface area contributed by atoms with Gasteiger partial charge in [-0.1, -0.05) is 25.9 Å². The Kier molecular flexibility index (Phi) is 5.25. The first kappa shape index (κ1) is 18.4. The van der Waals surface area contributed by atoms with Gasteiger partial charge in [-0.2, -0.15) is 4.98 Å². The van der Waals surface area contributed by atoms with Crippen LogP contribution in [-0.2, 0) is 4.79 Å². The molecule has 1 saturated heterocycles. The molecule has 26 heavy (non-hydrogen) atoms. The summed E-state index contributed by atoms with van der Waals surface area (Å²) in [6, 6.07) is 3.85. The van der Waals surface area contributed by atoms with E-state index in [2.05, 4.69) is 40.8 Å². The third kappa shape index (κ3) is 4.59. The van der Waals surface area contributed by atoms with Crippen LogP contribution < -0.4 is 4.90 Å². The van der Waals surface area contributed by atoms with Crippen LogP contribution >= 0.6 is 0 Å². The zero-order valence-electron chi connectivity index (χ0n) is 16.0. The van der Waals surface area contributed by atoms with E-state index in [0.717, 1.165) is 44.0 Å². The highest BCUT2D eigenvalue weighted by Gasteiger charge is 2.23. The molecule has 7 nitrogen and oxygen atoms in total. The minimum Gasteiger partial charge on any atom is -0.353 e. The van der Waals surface area contributed by atoms with Gasteiger partial charge < -0.3 is 14.3 Å². The van der Waals surface area contributed by atoms with E-state index in [-0.39, 0.29) is 11.3 Å². The molecule has 140 valence electrons. The third-order valence-corrected chi connectivity index (χ3v) is 4.58. The first-order valence-electron chi connectivity index (χ1n) is 9.11. The highest BCUT2D eigenvalue weighted by Crippen LogP contribution is 2.23. The van der Waals surface area contributed by atoms with Crippen molar-refractivity contribution < 1.29 is 9.32 Å². The van der Waals surface area contributed by atoms with Gasteiger partial charge in [-0.3, -0.25) is 4.79 Å². The molecule has 2 aromatic heterocycles. The zero-order valence-corrected chi connectivity index (χ0v) is 16.0. The van der Waals surface area contributed by atoms with Crippen LogP contribution in [0.5, 0.6) is 0 Å². The molecular formula is C19H27N5O2. The minimum absolute atomic E-state index is 0.190. The number of amides is 1. The lowest BCUT2D eigenvalue weighted by molar-refractivity contribution is -0.132. The zero-order chi connectivity index (χ0) is 18.7. The van der Waals surface area contributed by atoms with Gasteiger partial charge in [0.2, 0.25) is 17.6 Å². The molecule has 1 aliphatic rings. The molecule has 2 aromatic rings. The van der Waals surface area contributed by atoms with E-state index in [1.165, 1.54) is 0 Å². The molecule has 0 atom stereocenters. The van der Waals surface area contributed by atoms with Crippen molar-refractivity contribution in [2.24, 2.45) is 5.41 Å². The highest BCUT2D eigenvalue weighted by molar-refractivity contribution is 5.76. The second kappa shape index (κ2) is 7.43. The summed E-state index contributed by atoms with van der Waals surface area (Å²) in [4.78, 5) is 25.3. The summed E-state index contributed by atoms with van der Waals surface area (Å²) in [5.41, 5.74) is 1.07. The molecule has 1 amide bonds. The van der Waals surface area contributed by atoms with Crippen molar-refractivity contribution in [1.29, 1.82) is 0 Å². The smallest absolute Gasteiger partial charge is 0.223 e. The normalized spacial score (nSPS) is 15.4. The van der Waals surface area contributed by atoms with Crippen molar-refractivity contribution in [3.05, 3.63) is 24.2 Å². The summed E-state index contributed by atoms with van der Waals surface area (Å²) >= 11 is 0. The van der Waals surface area contributed by atoms with Gasteiger partial charge in [0.1, 0.15) is 5.82 Å². The SMILES string of the molecule is Cc1nc(-c2ccnc(N3CCN(C(=O)CCC(C)(C)C)CC3)c2)no1. The summed E-state index contributed by atoms with van der Waals surface area (Å²) in [7, 11) is 0. The Balaban J connectivity index is 1.59. The Morgan fingerprint density at radius 3 is 2.58 bits per heavy atom. The summed E-state index contributed by atoms with van der Waals surface area (Å²) in [6.45, 7) is 11.3. The largest absolute Gasteiger partial charge is 0.353 e. The molecule has 0 aliphatic carbocycles. The predicted molar refractivity (Wildman–Crippen MR) is 99.7 cm³/mol. The van der Waals surface area contributed by atoms with Crippen LogP contribution in [0.2, 0.25) is 0 Å². The van der Waals surface area contributed by atoms with Crippen molar-refractivity contribution in [2.75, 3.05) is 31.1 Å². The van der Waals surface area contributed by atoms with Gasteiger partial charge in [0.25, 0.3) is 0 Å². The predicted octanol–water partition coefficient (Wildman–Crippen LogP) is 2.91. The molecule has 3 rings (SSSR count). The Bertz CT molecular complexity index is 757. The molecule has 3 heterocycles. The van der Waals surface area contributed by atoms with Crippen LogP contribution in [0.1, 0.15) is 39.5 Å². The third-order valence-electron chi connectivity index (χ3n) is 4.58. The molecule has 0 bridgehead atoms. The fraction of sp³-hybridized carbons (Fsp3) is 0.579. The van der Waals surface area contributed by atoms with E-state index in [4.69, 9.17) is 4.52 Å². The number of piperazine rings is 1. The second-order valence-electron chi connectivity index (χ2n) is 7.97. The van der Waals surface area contributed by atoms with Crippen molar-refractivity contribution in [3.8, 4) is 11.4 Å². The molecule has 0 spiro atoms. The van der Waals surface area contributed by atoms with Gasteiger partial charge in [0.15, 0.2) is 0 Å². The molecule has 0 unspecified atom stereocenters. The number of hydrogen-bond acceptors (Lipinski definition) is 6. The van der Waals surface area contributed by atoms with Crippen LogP contribution in [-0.4, -0.2) is 52.1 Å². The first-order chi connectivity index (χ1) is 12.3. The molecule has 1 fully saturated rings. The fourth-order valence-electron chi connectivity index (χ4n) is 2.97. The van der Waals surface area contributed by atoms with E-state index < -0.39 is 0 Å². The van der Waals surface area contributed by atoms with Gasteiger partial charge >= 0.3 is 0 Å². The van der Waals surface area contributed by atoms with Crippen LogP contribution in [0.4, 0.5) is 5.82 Å². The molecule has 0 aromatic carbocycles. The number of anilines is 1. The Morgan fingerprint density at radius 1 is 1.23 bits per heavy atom. The Morgan fingerprint density at radius 2 is 1.96 bits per heavy atom. The summed E-state index contributed by atoms with van der Waals surface area (Å²) < 4.78 is 5.05. The number of nitrogens with zero attached hydrogens (tertiary/aromatic N) is 5. The number of carbonyl (C=O) groups excluding carboxylic acids is 1. The maximum Gasteiger partial charge on any atom is 0.223 e. The molecule has 0 saturated carbocycles. The number of rotatable bonds is 4. The minimum atomic E-state index is 0.190. The van der Waals surface area contributed by atoms with Crippen molar-refractivity contribution >= 4 is 11.7 Å². The number of pyridine rings is 1. The summed E-state index contributed by atoms with van der Waals surface area (Å²) in [6.07, 6.45) is 3.30. The highest BCUT2D eigenvalue weighted by atomic mass is 16.5. The van der Waals surface area contributed by atoms with E-state index in [1.807, 2.05) is 17.0 Å².